The van der Waals surface area contributed by atoms with Gasteiger partial charge in [-0.05, 0) is 78.6 Å². The Morgan fingerprint density at radius 2 is 1.61 bits per heavy atom. The van der Waals surface area contributed by atoms with Crippen LogP contribution in [0.5, 0.6) is 0 Å². The fourth-order valence-corrected chi connectivity index (χ4v) is 4.68. The fourth-order valence-electron chi connectivity index (χ4n) is 4.68. The lowest BCUT2D eigenvalue weighted by molar-refractivity contribution is 0.0206. The van der Waals surface area contributed by atoms with Gasteiger partial charge in [0, 0.05) is 30.9 Å². The van der Waals surface area contributed by atoms with Crippen LogP contribution >= 0.6 is 0 Å². The van der Waals surface area contributed by atoms with E-state index < -0.39 is 58.6 Å². The van der Waals surface area contributed by atoms with Crippen molar-refractivity contribution in [3.05, 3.63) is 59.4 Å². The smallest absolute Gasteiger partial charge is 0.423 e. The van der Waals surface area contributed by atoms with Crippen LogP contribution in [0.2, 0.25) is 0 Å². The molecule has 238 valence electrons. The minimum Gasteiger partial charge on any atom is -0.453 e. The normalized spacial score (nSPS) is 15.6. The molecule has 1 fully saturated rings. The topological polar surface area (TPSA) is 113 Å². The number of hydrogen-bond acceptors (Lipinski definition) is 8. The van der Waals surface area contributed by atoms with E-state index in [1.807, 2.05) is 0 Å². The summed E-state index contributed by atoms with van der Waals surface area (Å²) in [5.74, 6) is -3.15. The Hall–Kier alpha value is -4.49. The number of benzene rings is 2. The Labute approximate surface area is 253 Å². The first-order valence-corrected chi connectivity index (χ1v) is 14.1. The predicted octanol–water partition coefficient (Wildman–Crippen LogP) is 6.11. The number of anilines is 2. The maximum Gasteiger partial charge on any atom is 0.423 e. The van der Waals surface area contributed by atoms with Crippen molar-refractivity contribution in [2.75, 3.05) is 29.6 Å². The number of halogens is 3. The van der Waals surface area contributed by atoms with Crippen molar-refractivity contribution in [3.63, 3.8) is 0 Å². The van der Waals surface area contributed by atoms with Crippen molar-refractivity contribution in [3.8, 4) is 0 Å². The van der Waals surface area contributed by atoms with Gasteiger partial charge >= 0.3 is 18.2 Å². The number of nitrogens with zero attached hydrogens (tertiary/aromatic N) is 4. The van der Waals surface area contributed by atoms with Gasteiger partial charge < -0.3 is 19.1 Å². The molecule has 2 aliphatic rings. The number of amides is 4. The first-order valence-electron chi connectivity index (χ1n) is 14.1. The van der Waals surface area contributed by atoms with Gasteiger partial charge in [0.05, 0.1) is 11.3 Å². The Balaban J connectivity index is 1.76. The molecule has 1 saturated heterocycles. The van der Waals surface area contributed by atoms with Crippen LogP contribution in [0.1, 0.15) is 59.9 Å². The molecule has 0 saturated carbocycles. The second-order valence-corrected chi connectivity index (χ2v) is 12.3. The second-order valence-electron chi connectivity index (χ2n) is 12.3. The van der Waals surface area contributed by atoms with E-state index in [0.717, 1.165) is 17.0 Å². The van der Waals surface area contributed by atoms with Crippen LogP contribution in [-0.4, -0.2) is 66.1 Å². The van der Waals surface area contributed by atoms with Crippen molar-refractivity contribution < 1.29 is 41.8 Å². The molecular weight excluding hydrogens is 583 g/mol. The maximum atomic E-state index is 15.5. The van der Waals surface area contributed by atoms with Gasteiger partial charge in [-0.1, -0.05) is 6.07 Å². The van der Waals surface area contributed by atoms with Crippen LogP contribution in [-0.2, 0) is 14.2 Å². The van der Waals surface area contributed by atoms with Crippen LogP contribution in [0, 0.1) is 17.5 Å². The molecule has 0 unspecified atom stereocenters. The first kappa shape index (κ1) is 32.4. The molecule has 44 heavy (non-hydrogen) atoms. The number of imide groups is 1. The Bertz CT molecular complexity index is 1450. The quantitative estimate of drug-likeness (QED) is 0.439. The summed E-state index contributed by atoms with van der Waals surface area (Å²) in [6.07, 6.45) is -1.34. The summed E-state index contributed by atoms with van der Waals surface area (Å²) in [7, 11) is 0. The van der Waals surface area contributed by atoms with Gasteiger partial charge in [-0.25, -0.2) is 27.6 Å². The highest BCUT2D eigenvalue weighted by Gasteiger charge is 2.40. The summed E-state index contributed by atoms with van der Waals surface area (Å²) in [4.78, 5) is 43.8. The van der Waals surface area contributed by atoms with Gasteiger partial charge in [0.1, 0.15) is 22.8 Å². The number of hydrazone groups is 1. The van der Waals surface area contributed by atoms with Crippen molar-refractivity contribution in [1.29, 1.82) is 0 Å². The number of ether oxygens (including phenoxy) is 3. The van der Waals surface area contributed by atoms with E-state index in [1.165, 1.54) is 23.1 Å². The van der Waals surface area contributed by atoms with E-state index >= 15 is 4.39 Å². The van der Waals surface area contributed by atoms with Crippen molar-refractivity contribution in [1.82, 2.24) is 10.3 Å². The lowest BCUT2D eigenvalue weighted by Crippen LogP contribution is -2.55. The lowest BCUT2D eigenvalue weighted by atomic mass is 10.0. The molecule has 0 atom stereocenters. The summed E-state index contributed by atoms with van der Waals surface area (Å²) in [5, 5.41) is 3.82. The Morgan fingerprint density at radius 1 is 0.955 bits per heavy atom. The Kier molecular flexibility index (Phi) is 9.30. The summed E-state index contributed by atoms with van der Waals surface area (Å²) >= 11 is 0. The molecule has 0 bridgehead atoms. The molecule has 2 aromatic rings. The van der Waals surface area contributed by atoms with Crippen molar-refractivity contribution in [2.45, 2.75) is 71.6 Å². The molecule has 0 radical (unpaired) electrons. The zero-order chi connectivity index (χ0) is 32.4. The number of urea groups is 1. The highest BCUT2D eigenvalue weighted by molar-refractivity contribution is 6.18. The number of hydrogen-bond donors (Lipinski definition) is 1. The van der Waals surface area contributed by atoms with Crippen molar-refractivity contribution in [2.24, 2.45) is 5.10 Å². The van der Waals surface area contributed by atoms with Crippen LogP contribution < -0.4 is 15.2 Å². The molecular formula is C30H36F3N5O6. The second kappa shape index (κ2) is 12.6. The van der Waals surface area contributed by atoms with Gasteiger partial charge in [-0.2, -0.15) is 4.90 Å². The summed E-state index contributed by atoms with van der Waals surface area (Å²) < 4.78 is 61.0. The van der Waals surface area contributed by atoms with Gasteiger partial charge in [0.2, 0.25) is 5.90 Å². The molecule has 2 heterocycles. The molecule has 4 rings (SSSR count). The number of carbonyl (C=O) groups excluding carboxylic acids is 3. The molecule has 0 aliphatic carbocycles. The third-order valence-electron chi connectivity index (χ3n) is 6.50. The average Bonchev–Trinajstić information content (AvgIpc) is 3.43. The predicted molar refractivity (Wildman–Crippen MR) is 156 cm³/mol. The SMILES string of the molecule is CC(C)(C)OC(=O)N1CCC(N(C(=O)N(C(=O)OC(C)(C)C)c2cc(C3=NNCO3)c(F)cc2F)c2cccc(F)c2)CC1. The number of rotatable bonds is 4. The number of likely N-dealkylation sites (tertiary alicyclic amines) is 1. The van der Waals surface area contributed by atoms with E-state index in [1.54, 1.807) is 41.5 Å². The Morgan fingerprint density at radius 3 is 2.18 bits per heavy atom. The zero-order valence-electron chi connectivity index (χ0n) is 25.4. The largest absolute Gasteiger partial charge is 0.453 e. The molecule has 1 N–H and O–H groups in total. The molecule has 14 heteroatoms. The lowest BCUT2D eigenvalue weighted by Gasteiger charge is -2.40. The molecule has 2 aromatic carbocycles. The highest BCUT2D eigenvalue weighted by Crippen LogP contribution is 2.32. The fraction of sp³-hybridized carbons (Fsp3) is 0.467. The van der Waals surface area contributed by atoms with Gasteiger partial charge in [-0.15, -0.1) is 5.10 Å². The van der Waals surface area contributed by atoms with Crippen molar-refractivity contribution >= 4 is 35.5 Å². The third kappa shape index (κ3) is 7.71. The maximum absolute atomic E-state index is 15.5. The van der Waals surface area contributed by atoms with E-state index in [4.69, 9.17) is 14.2 Å². The molecule has 0 spiro atoms. The van der Waals surface area contributed by atoms with Crippen LogP contribution in [0.3, 0.4) is 0 Å². The standard InChI is InChI=1S/C30H36F3N5O6/c1-29(2,3)43-27(40)36-12-10-19(11-13-36)37(20-9-7-8-18(31)14-20)26(39)38(28(41)44-30(4,5)6)24-15-21(22(32)16-23(24)33)25-35-34-17-42-25/h7-9,14-16,19,34H,10-13,17H2,1-6H3. The van der Waals surface area contributed by atoms with Gasteiger partial charge in [0.25, 0.3) is 0 Å². The average molecular weight is 620 g/mol. The minimum absolute atomic E-state index is 0.0640. The van der Waals surface area contributed by atoms with Gasteiger partial charge in [-0.3, -0.25) is 10.3 Å². The van der Waals surface area contributed by atoms with E-state index in [2.05, 4.69) is 10.5 Å². The van der Waals surface area contributed by atoms with Crippen LogP contribution in [0.25, 0.3) is 0 Å². The first-order chi connectivity index (χ1) is 20.5. The highest BCUT2D eigenvalue weighted by atomic mass is 19.1. The molecule has 2 aliphatic heterocycles. The minimum atomic E-state index is -1.25. The van der Waals surface area contributed by atoms with E-state index in [9.17, 15) is 23.2 Å². The zero-order valence-corrected chi connectivity index (χ0v) is 25.4. The number of carbonyl (C=O) groups is 3. The van der Waals surface area contributed by atoms with Crippen LogP contribution in [0.4, 0.5) is 38.9 Å². The molecule has 4 amide bonds. The van der Waals surface area contributed by atoms with E-state index in [-0.39, 0.29) is 49.8 Å². The third-order valence-corrected chi connectivity index (χ3v) is 6.50. The van der Waals surface area contributed by atoms with Gasteiger partial charge in [0.15, 0.2) is 12.5 Å². The molecule has 11 nitrogen and oxygen atoms in total. The summed E-state index contributed by atoms with van der Waals surface area (Å²) in [6, 6.07) is 4.83. The summed E-state index contributed by atoms with van der Waals surface area (Å²) in [5.41, 5.74) is -0.186. The van der Waals surface area contributed by atoms with Crippen LogP contribution in [0.15, 0.2) is 41.5 Å². The molecule has 0 aromatic heterocycles. The number of piperidine rings is 1. The summed E-state index contributed by atoms with van der Waals surface area (Å²) in [6.45, 7) is 10.2. The monoisotopic (exact) mass is 619 g/mol. The van der Waals surface area contributed by atoms with E-state index in [0.29, 0.717) is 11.0 Å². The number of nitrogens with one attached hydrogen (secondary N) is 1.